The third-order valence-corrected chi connectivity index (χ3v) is 4.58. The summed E-state index contributed by atoms with van der Waals surface area (Å²) >= 11 is 1.33. The van der Waals surface area contributed by atoms with Crippen molar-refractivity contribution in [1.82, 2.24) is 4.98 Å². The minimum absolute atomic E-state index is 0.0211. The molecule has 0 amide bonds. The molecule has 3 aromatic rings. The zero-order valence-corrected chi connectivity index (χ0v) is 15.1. The molecule has 8 heteroatoms. The van der Waals surface area contributed by atoms with Crippen molar-refractivity contribution in [2.24, 2.45) is 0 Å². The van der Waals surface area contributed by atoms with Crippen LogP contribution < -0.4 is 10.1 Å². The van der Waals surface area contributed by atoms with Crippen LogP contribution >= 0.6 is 11.3 Å². The van der Waals surface area contributed by atoms with Crippen molar-refractivity contribution in [2.45, 2.75) is 0 Å². The van der Waals surface area contributed by atoms with E-state index in [1.807, 2.05) is 29.6 Å². The number of nitrogens with zero attached hydrogens (tertiary/aromatic N) is 3. The second-order valence-corrected chi connectivity index (χ2v) is 6.21. The van der Waals surface area contributed by atoms with Crippen molar-refractivity contribution in [3.05, 3.63) is 75.2 Å². The van der Waals surface area contributed by atoms with E-state index in [0.29, 0.717) is 22.0 Å². The Bertz CT molecular complexity index is 1040. The molecule has 0 radical (unpaired) electrons. The van der Waals surface area contributed by atoms with Crippen LogP contribution in [0.2, 0.25) is 0 Å². The van der Waals surface area contributed by atoms with Gasteiger partial charge in [0.05, 0.1) is 23.4 Å². The summed E-state index contributed by atoms with van der Waals surface area (Å²) in [7, 11) is 1.58. The Labute approximate surface area is 159 Å². The van der Waals surface area contributed by atoms with Gasteiger partial charge in [-0.05, 0) is 24.3 Å². The van der Waals surface area contributed by atoms with Crippen LogP contribution in [-0.4, -0.2) is 17.0 Å². The van der Waals surface area contributed by atoms with Crippen LogP contribution in [0.4, 0.5) is 11.4 Å². The van der Waals surface area contributed by atoms with E-state index in [1.165, 1.54) is 23.5 Å². The lowest BCUT2D eigenvalue weighted by molar-refractivity contribution is -0.384. The maximum absolute atomic E-state index is 10.7. The summed E-state index contributed by atoms with van der Waals surface area (Å²) in [6.45, 7) is 0. The number of nitro groups is 1. The second-order valence-electron chi connectivity index (χ2n) is 5.36. The van der Waals surface area contributed by atoms with Gasteiger partial charge in [-0.2, -0.15) is 5.26 Å². The molecule has 0 saturated heterocycles. The maximum Gasteiger partial charge on any atom is 0.269 e. The average Bonchev–Trinajstić information content (AvgIpc) is 3.19. The summed E-state index contributed by atoms with van der Waals surface area (Å²) < 4.78 is 5.27. The predicted octanol–water partition coefficient (Wildman–Crippen LogP) is 4.70. The van der Waals surface area contributed by atoms with Crippen molar-refractivity contribution >= 4 is 28.3 Å². The topological polar surface area (TPSA) is 101 Å². The van der Waals surface area contributed by atoms with Crippen LogP contribution in [0.25, 0.3) is 16.8 Å². The first-order chi connectivity index (χ1) is 13.1. The molecule has 27 heavy (non-hydrogen) atoms. The molecule has 7 nitrogen and oxygen atoms in total. The highest BCUT2D eigenvalue weighted by Crippen LogP contribution is 2.28. The van der Waals surface area contributed by atoms with E-state index >= 15 is 0 Å². The number of aromatic nitrogens is 1. The number of para-hydroxylation sites is 2. The zero-order chi connectivity index (χ0) is 19.2. The molecule has 0 aliphatic carbocycles. The van der Waals surface area contributed by atoms with Crippen LogP contribution in [0.15, 0.2) is 60.1 Å². The molecule has 0 saturated carbocycles. The zero-order valence-electron chi connectivity index (χ0n) is 14.2. The number of nitro benzene ring substituents is 1. The van der Waals surface area contributed by atoms with Crippen molar-refractivity contribution in [3.63, 3.8) is 0 Å². The van der Waals surface area contributed by atoms with Gasteiger partial charge in [0.1, 0.15) is 22.4 Å². The highest BCUT2D eigenvalue weighted by atomic mass is 32.1. The smallest absolute Gasteiger partial charge is 0.269 e. The van der Waals surface area contributed by atoms with Gasteiger partial charge in [-0.25, -0.2) is 4.98 Å². The van der Waals surface area contributed by atoms with Crippen LogP contribution in [0, 0.1) is 21.4 Å². The molecule has 1 aromatic heterocycles. The largest absolute Gasteiger partial charge is 0.495 e. The number of hydrogen-bond acceptors (Lipinski definition) is 7. The van der Waals surface area contributed by atoms with Crippen LogP contribution in [0.3, 0.4) is 0 Å². The molecule has 0 aliphatic heterocycles. The molecule has 1 N–H and O–H groups in total. The molecule has 0 spiro atoms. The van der Waals surface area contributed by atoms with E-state index in [2.05, 4.69) is 16.4 Å². The predicted molar refractivity (Wildman–Crippen MR) is 104 cm³/mol. The van der Waals surface area contributed by atoms with Crippen molar-refractivity contribution < 1.29 is 9.66 Å². The van der Waals surface area contributed by atoms with E-state index in [-0.39, 0.29) is 5.69 Å². The van der Waals surface area contributed by atoms with E-state index in [9.17, 15) is 15.4 Å². The third kappa shape index (κ3) is 4.11. The maximum atomic E-state index is 10.7. The number of nitrogens with one attached hydrogen (secondary N) is 1. The number of anilines is 1. The standard InChI is InChI=1S/C19H14N4O3S/c1-26-18-5-3-2-4-16(18)21-11-14(10-20)19-22-17(12-27-19)13-6-8-15(9-7-13)23(24)25/h2-9,11-12,21H,1H3/b14-11+. The first kappa shape index (κ1) is 18.1. The summed E-state index contributed by atoms with van der Waals surface area (Å²) in [5, 5.41) is 25.6. The number of hydrogen-bond donors (Lipinski definition) is 1. The Morgan fingerprint density at radius 3 is 2.70 bits per heavy atom. The number of thiazole rings is 1. The highest BCUT2D eigenvalue weighted by molar-refractivity contribution is 7.11. The van der Waals surface area contributed by atoms with Crippen molar-refractivity contribution in [1.29, 1.82) is 5.26 Å². The van der Waals surface area contributed by atoms with E-state index in [4.69, 9.17) is 4.74 Å². The average molecular weight is 378 g/mol. The summed E-state index contributed by atoms with van der Waals surface area (Å²) in [6, 6.07) is 15.6. The summed E-state index contributed by atoms with van der Waals surface area (Å²) in [5.41, 5.74) is 2.54. The van der Waals surface area contributed by atoms with Gasteiger partial charge < -0.3 is 10.1 Å². The number of ether oxygens (including phenoxy) is 1. The SMILES string of the molecule is COc1ccccc1N/C=C(\C#N)c1nc(-c2ccc([N+](=O)[O-])cc2)cs1. The summed E-state index contributed by atoms with van der Waals surface area (Å²) in [6.07, 6.45) is 1.58. The molecular weight excluding hydrogens is 364 g/mol. The number of non-ortho nitro benzene ring substituents is 1. The fourth-order valence-electron chi connectivity index (χ4n) is 2.34. The van der Waals surface area contributed by atoms with Gasteiger partial charge in [0.2, 0.25) is 0 Å². The van der Waals surface area contributed by atoms with E-state index < -0.39 is 4.92 Å². The van der Waals surface area contributed by atoms with Gasteiger partial charge in [0.25, 0.3) is 5.69 Å². The fraction of sp³-hybridized carbons (Fsp3) is 0.0526. The van der Waals surface area contributed by atoms with Crippen molar-refractivity contribution in [3.8, 4) is 23.1 Å². The molecule has 1 heterocycles. The number of methoxy groups -OCH3 is 1. The van der Waals surface area contributed by atoms with Gasteiger partial charge in [0, 0.05) is 29.3 Å². The van der Waals surface area contributed by atoms with Crippen molar-refractivity contribution in [2.75, 3.05) is 12.4 Å². The molecule has 0 bridgehead atoms. The first-order valence-electron chi connectivity index (χ1n) is 7.83. The Hall–Kier alpha value is -3.70. The minimum atomic E-state index is -0.448. The summed E-state index contributed by atoms with van der Waals surface area (Å²) in [4.78, 5) is 14.8. The van der Waals surface area contributed by atoms with Gasteiger partial charge in [-0.15, -0.1) is 11.3 Å². The molecule has 134 valence electrons. The Morgan fingerprint density at radius 1 is 1.30 bits per heavy atom. The third-order valence-electron chi connectivity index (χ3n) is 3.71. The lowest BCUT2D eigenvalue weighted by atomic mass is 10.1. The van der Waals surface area contributed by atoms with Crippen LogP contribution in [0.5, 0.6) is 5.75 Å². The minimum Gasteiger partial charge on any atom is -0.495 e. The number of nitriles is 1. The molecule has 0 unspecified atom stereocenters. The van der Waals surface area contributed by atoms with Crippen LogP contribution in [0.1, 0.15) is 5.01 Å². The monoisotopic (exact) mass is 378 g/mol. The van der Waals surface area contributed by atoms with Gasteiger partial charge in [-0.1, -0.05) is 12.1 Å². The number of rotatable bonds is 6. The Morgan fingerprint density at radius 2 is 2.04 bits per heavy atom. The van der Waals surface area contributed by atoms with E-state index in [1.54, 1.807) is 25.4 Å². The van der Waals surface area contributed by atoms with Gasteiger partial charge in [0.15, 0.2) is 0 Å². The molecule has 0 atom stereocenters. The normalized spacial score (nSPS) is 10.9. The molecule has 0 aliphatic rings. The highest BCUT2D eigenvalue weighted by Gasteiger charge is 2.11. The number of allylic oxidation sites excluding steroid dienone is 1. The summed E-state index contributed by atoms with van der Waals surface area (Å²) in [5.74, 6) is 0.664. The second kappa shape index (κ2) is 8.12. The molecule has 3 rings (SSSR count). The molecule has 2 aromatic carbocycles. The quantitative estimate of drug-likeness (QED) is 0.379. The van der Waals surface area contributed by atoms with Gasteiger partial charge in [-0.3, -0.25) is 10.1 Å². The fourth-order valence-corrected chi connectivity index (χ4v) is 3.13. The molecular formula is C19H14N4O3S. The Balaban J connectivity index is 1.83. The van der Waals surface area contributed by atoms with Gasteiger partial charge >= 0.3 is 0 Å². The lowest BCUT2D eigenvalue weighted by Crippen LogP contribution is -1.94. The van der Waals surface area contributed by atoms with Crippen LogP contribution in [-0.2, 0) is 0 Å². The first-order valence-corrected chi connectivity index (χ1v) is 8.71. The lowest BCUT2D eigenvalue weighted by Gasteiger charge is -2.07. The molecule has 0 fully saturated rings. The van der Waals surface area contributed by atoms with E-state index in [0.717, 1.165) is 11.3 Å². The Kier molecular flexibility index (Phi) is 5.44. The number of benzene rings is 2.